The lowest BCUT2D eigenvalue weighted by Gasteiger charge is -2.22. The zero-order valence-corrected chi connectivity index (χ0v) is 10.6. The molecule has 0 heterocycles. The highest BCUT2D eigenvalue weighted by atomic mass is 15.2. The molecule has 15 heavy (non-hydrogen) atoms. The van der Waals surface area contributed by atoms with Crippen LogP contribution in [0.4, 0.5) is 0 Å². The Morgan fingerprint density at radius 3 is 2.20 bits per heavy atom. The maximum Gasteiger partial charge on any atom is 0.0302 e. The van der Waals surface area contributed by atoms with Crippen LogP contribution in [0.15, 0.2) is 36.6 Å². The summed E-state index contributed by atoms with van der Waals surface area (Å²) in [6.07, 6.45) is 5.00. The van der Waals surface area contributed by atoms with Crippen LogP contribution < -0.4 is 0 Å². The molecule has 0 amide bonds. The molecule has 0 rings (SSSR count). The number of nitrogens with zero attached hydrogens (tertiary/aromatic N) is 2. The molecule has 0 radical (unpaired) electrons. The summed E-state index contributed by atoms with van der Waals surface area (Å²) in [5.74, 6) is 0. The monoisotopic (exact) mass is 208 g/mol. The molecule has 0 fully saturated rings. The second-order valence-corrected chi connectivity index (χ2v) is 3.99. The van der Waals surface area contributed by atoms with Crippen molar-refractivity contribution in [2.75, 3.05) is 34.2 Å². The van der Waals surface area contributed by atoms with E-state index in [1.807, 2.05) is 6.08 Å². The van der Waals surface area contributed by atoms with Gasteiger partial charge in [-0.3, -0.25) is 0 Å². The minimum absolute atomic E-state index is 0.996. The van der Waals surface area contributed by atoms with Gasteiger partial charge in [0.05, 0.1) is 0 Å². The van der Waals surface area contributed by atoms with Crippen molar-refractivity contribution in [3.63, 3.8) is 0 Å². The Labute approximate surface area is 94.6 Å². The fourth-order valence-corrected chi connectivity index (χ4v) is 1.12. The third kappa shape index (κ3) is 6.13. The second-order valence-electron chi connectivity index (χ2n) is 3.99. The third-order valence-electron chi connectivity index (χ3n) is 2.40. The van der Waals surface area contributed by atoms with Gasteiger partial charge >= 0.3 is 0 Å². The van der Waals surface area contributed by atoms with Crippen LogP contribution in [0.2, 0.25) is 0 Å². The minimum Gasteiger partial charge on any atom is -0.374 e. The maximum atomic E-state index is 4.05. The van der Waals surface area contributed by atoms with Crippen molar-refractivity contribution in [3.05, 3.63) is 36.6 Å². The van der Waals surface area contributed by atoms with Crippen molar-refractivity contribution in [1.29, 1.82) is 0 Å². The Kier molecular flexibility index (Phi) is 6.80. The molecule has 0 aliphatic heterocycles. The van der Waals surface area contributed by atoms with Crippen molar-refractivity contribution in [2.45, 2.75) is 13.3 Å². The molecular formula is C13H24N2. The molecule has 0 N–H and O–H groups in total. The van der Waals surface area contributed by atoms with Gasteiger partial charge in [-0.1, -0.05) is 26.2 Å². The van der Waals surface area contributed by atoms with Gasteiger partial charge in [0, 0.05) is 25.8 Å². The van der Waals surface area contributed by atoms with E-state index in [0.29, 0.717) is 0 Å². The minimum atomic E-state index is 0.996. The highest BCUT2D eigenvalue weighted by molar-refractivity contribution is 5.26. The predicted molar refractivity (Wildman–Crippen MR) is 68.9 cm³/mol. The van der Waals surface area contributed by atoms with E-state index in [0.717, 1.165) is 25.2 Å². The molecule has 0 saturated heterocycles. The summed E-state index contributed by atoms with van der Waals surface area (Å²) >= 11 is 0. The van der Waals surface area contributed by atoms with Crippen molar-refractivity contribution < 1.29 is 0 Å². The highest BCUT2D eigenvalue weighted by Crippen LogP contribution is 2.08. The molecule has 0 bridgehead atoms. The number of hydrogen-bond acceptors (Lipinski definition) is 2. The van der Waals surface area contributed by atoms with E-state index in [1.54, 1.807) is 0 Å². The first kappa shape index (κ1) is 14.0. The lowest BCUT2D eigenvalue weighted by molar-refractivity contribution is 0.331. The van der Waals surface area contributed by atoms with Crippen LogP contribution >= 0.6 is 0 Å². The van der Waals surface area contributed by atoms with Gasteiger partial charge < -0.3 is 9.80 Å². The van der Waals surface area contributed by atoms with Crippen molar-refractivity contribution in [2.24, 2.45) is 0 Å². The summed E-state index contributed by atoms with van der Waals surface area (Å²) in [6.45, 7) is 12.0. The zero-order valence-electron chi connectivity index (χ0n) is 10.6. The summed E-state index contributed by atoms with van der Waals surface area (Å²) in [4.78, 5) is 4.33. The lowest BCUT2D eigenvalue weighted by Crippen LogP contribution is -2.27. The zero-order chi connectivity index (χ0) is 11.8. The fourth-order valence-electron chi connectivity index (χ4n) is 1.12. The van der Waals surface area contributed by atoms with Crippen molar-refractivity contribution >= 4 is 0 Å². The first-order chi connectivity index (χ1) is 7.01. The van der Waals surface area contributed by atoms with E-state index in [2.05, 4.69) is 57.1 Å². The summed E-state index contributed by atoms with van der Waals surface area (Å²) < 4.78 is 0. The van der Waals surface area contributed by atoms with E-state index in [4.69, 9.17) is 0 Å². The van der Waals surface area contributed by atoms with Gasteiger partial charge in [-0.25, -0.2) is 0 Å². The normalized spacial score (nSPS) is 11.7. The summed E-state index contributed by atoms with van der Waals surface area (Å²) in [5, 5.41) is 0. The first-order valence-corrected chi connectivity index (χ1v) is 5.39. The average Bonchev–Trinajstić information content (AvgIpc) is 2.21. The smallest absolute Gasteiger partial charge is 0.0302 e. The number of hydrogen-bond donors (Lipinski definition) is 0. The van der Waals surface area contributed by atoms with E-state index in [-0.39, 0.29) is 0 Å². The van der Waals surface area contributed by atoms with Gasteiger partial charge in [0.2, 0.25) is 0 Å². The Morgan fingerprint density at radius 2 is 1.80 bits per heavy atom. The highest BCUT2D eigenvalue weighted by Gasteiger charge is 2.00. The molecule has 2 heteroatoms. The van der Waals surface area contributed by atoms with Crippen LogP contribution in [0.25, 0.3) is 0 Å². The van der Waals surface area contributed by atoms with Gasteiger partial charge in [0.15, 0.2) is 0 Å². The maximum absolute atomic E-state index is 4.05. The lowest BCUT2D eigenvalue weighted by atomic mass is 10.1. The molecule has 0 unspecified atom stereocenters. The molecule has 0 aromatic carbocycles. The molecule has 0 aliphatic carbocycles. The van der Waals surface area contributed by atoms with Gasteiger partial charge in [-0.05, 0) is 32.2 Å². The van der Waals surface area contributed by atoms with Crippen LogP contribution in [0.5, 0.6) is 0 Å². The third-order valence-corrected chi connectivity index (χ3v) is 2.40. The molecule has 0 atom stereocenters. The largest absolute Gasteiger partial charge is 0.374 e. The van der Waals surface area contributed by atoms with Crippen LogP contribution in [-0.2, 0) is 0 Å². The first-order valence-electron chi connectivity index (χ1n) is 5.39. The average molecular weight is 208 g/mol. The molecule has 0 aliphatic rings. The Hall–Kier alpha value is -1.02. The molecule has 86 valence electrons. The number of likely N-dealkylation sites (N-methyl/N-ethyl adjacent to an activating group) is 2. The molecule has 0 saturated carbocycles. The summed E-state index contributed by atoms with van der Waals surface area (Å²) in [6, 6.07) is 0. The predicted octanol–water partition coefficient (Wildman–Crippen LogP) is 2.52. The van der Waals surface area contributed by atoms with Crippen LogP contribution in [0.3, 0.4) is 0 Å². The molecular weight excluding hydrogens is 184 g/mol. The standard InChI is InChI=1S/C13H24N2/c1-7-13(8-2)11-12(3)15(6)10-9-14(4)5/h7,11H,1,3,8-10H2,2,4-6H3/b13-11+. The van der Waals surface area contributed by atoms with Crippen molar-refractivity contribution in [3.8, 4) is 0 Å². The SMILES string of the molecule is C=C/C(=C\C(=C)N(C)CCN(C)C)CC. The molecule has 0 aromatic rings. The second kappa shape index (κ2) is 7.30. The quantitative estimate of drug-likeness (QED) is 0.593. The van der Waals surface area contributed by atoms with E-state index < -0.39 is 0 Å². The van der Waals surface area contributed by atoms with E-state index in [9.17, 15) is 0 Å². The fraction of sp³-hybridized carbons (Fsp3) is 0.538. The summed E-state index contributed by atoms with van der Waals surface area (Å²) in [7, 11) is 6.22. The summed E-state index contributed by atoms with van der Waals surface area (Å²) in [5.41, 5.74) is 2.28. The number of rotatable bonds is 7. The Morgan fingerprint density at radius 1 is 1.20 bits per heavy atom. The topological polar surface area (TPSA) is 6.48 Å². The molecule has 2 nitrogen and oxygen atoms in total. The van der Waals surface area contributed by atoms with Gasteiger partial charge in [0.25, 0.3) is 0 Å². The van der Waals surface area contributed by atoms with Gasteiger partial charge in [-0.15, -0.1) is 0 Å². The van der Waals surface area contributed by atoms with Gasteiger partial charge in [0.1, 0.15) is 0 Å². The number of allylic oxidation sites excluding steroid dienone is 3. The van der Waals surface area contributed by atoms with Crippen molar-refractivity contribution in [1.82, 2.24) is 9.80 Å². The van der Waals surface area contributed by atoms with Gasteiger partial charge in [-0.2, -0.15) is 0 Å². The molecule has 0 spiro atoms. The van der Waals surface area contributed by atoms with Crippen LogP contribution in [0, 0.1) is 0 Å². The van der Waals surface area contributed by atoms with E-state index >= 15 is 0 Å². The van der Waals surface area contributed by atoms with E-state index in [1.165, 1.54) is 5.57 Å². The Balaban J connectivity index is 4.19. The Bertz CT molecular complexity index is 239. The van der Waals surface area contributed by atoms with Crippen LogP contribution in [-0.4, -0.2) is 44.0 Å². The molecule has 0 aromatic heterocycles. The van der Waals surface area contributed by atoms with Crippen LogP contribution in [0.1, 0.15) is 13.3 Å².